The third-order valence-corrected chi connectivity index (χ3v) is 5.42. The van der Waals surface area contributed by atoms with Crippen LogP contribution < -0.4 is 10.3 Å². The van der Waals surface area contributed by atoms with Crippen LogP contribution in [0.25, 0.3) is 17.0 Å². The zero-order valence-corrected chi connectivity index (χ0v) is 16.6. The molecule has 0 bridgehead atoms. The second-order valence-corrected chi connectivity index (χ2v) is 7.34. The summed E-state index contributed by atoms with van der Waals surface area (Å²) in [4.78, 5) is 17.9. The molecule has 0 radical (unpaired) electrons. The molecule has 0 atom stereocenters. The minimum absolute atomic E-state index is 0.106. The number of hydrogen-bond acceptors (Lipinski definition) is 4. The fourth-order valence-corrected chi connectivity index (χ4v) is 3.85. The molecule has 0 unspecified atom stereocenters. The SMILES string of the molecule is COc1ccc(/C=C/C=Nn2c(C3CCCCC3)nc3ccccc3c2=O)cc1. The van der Waals surface area contributed by atoms with Crippen LogP contribution in [0, 0.1) is 0 Å². The standard InChI is InChI=1S/C24H25N3O2/c1-29-20-15-13-18(14-16-20)8-7-17-25-27-23(19-9-3-2-4-10-19)26-22-12-6-5-11-21(22)24(27)28/h5-8,11-17,19H,2-4,9-10H2,1H3/b8-7+,25-17?. The van der Waals surface area contributed by atoms with E-state index < -0.39 is 0 Å². The molecule has 0 spiro atoms. The van der Waals surface area contributed by atoms with Gasteiger partial charge in [0.25, 0.3) is 5.56 Å². The first-order valence-electron chi connectivity index (χ1n) is 10.1. The zero-order valence-electron chi connectivity index (χ0n) is 16.6. The molecule has 5 heteroatoms. The van der Waals surface area contributed by atoms with Gasteiger partial charge in [-0.1, -0.05) is 49.6 Å². The zero-order chi connectivity index (χ0) is 20.1. The molecule has 1 aliphatic carbocycles. The predicted octanol–water partition coefficient (Wildman–Crippen LogP) is 5.00. The molecule has 148 valence electrons. The van der Waals surface area contributed by atoms with Crippen LogP contribution in [0.5, 0.6) is 5.75 Å². The molecule has 1 aromatic heterocycles. The van der Waals surface area contributed by atoms with Crippen molar-refractivity contribution in [1.82, 2.24) is 9.66 Å². The molecule has 1 heterocycles. The molecule has 1 saturated carbocycles. The van der Waals surface area contributed by atoms with Gasteiger partial charge in [0.05, 0.1) is 18.0 Å². The average Bonchev–Trinajstić information content (AvgIpc) is 2.79. The predicted molar refractivity (Wildman–Crippen MR) is 118 cm³/mol. The van der Waals surface area contributed by atoms with Crippen molar-refractivity contribution in [3.8, 4) is 5.75 Å². The van der Waals surface area contributed by atoms with E-state index >= 15 is 0 Å². The van der Waals surface area contributed by atoms with Crippen molar-refractivity contribution >= 4 is 23.2 Å². The van der Waals surface area contributed by atoms with Gasteiger partial charge in [-0.25, -0.2) is 4.98 Å². The Morgan fingerprint density at radius 3 is 2.59 bits per heavy atom. The van der Waals surface area contributed by atoms with Gasteiger partial charge in [0.1, 0.15) is 11.6 Å². The highest BCUT2D eigenvalue weighted by molar-refractivity contribution is 5.79. The number of benzene rings is 2. The van der Waals surface area contributed by atoms with Crippen LogP contribution in [-0.2, 0) is 0 Å². The van der Waals surface area contributed by atoms with Crippen molar-refractivity contribution < 1.29 is 4.74 Å². The van der Waals surface area contributed by atoms with Crippen LogP contribution in [0.3, 0.4) is 0 Å². The maximum Gasteiger partial charge on any atom is 0.282 e. The monoisotopic (exact) mass is 387 g/mol. The topological polar surface area (TPSA) is 56.5 Å². The van der Waals surface area contributed by atoms with Crippen LogP contribution in [0.4, 0.5) is 0 Å². The van der Waals surface area contributed by atoms with Gasteiger partial charge in [-0.15, -0.1) is 0 Å². The summed E-state index contributed by atoms with van der Waals surface area (Å²) in [7, 11) is 1.65. The largest absolute Gasteiger partial charge is 0.497 e. The van der Waals surface area contributed by atoms with Crippen LogP contribution in [0.1, 0.15) is 49.4 Å². The van der Waals surface area contributed by atoms with Gasteiger partial charge in [0.15, 0.2) is 0 Å². The molecule has 1 aliphatic rings. The molecular formula is C24H25N3O2. The summed E-state index contributed by atoms with van der Waals surface area (Å²) in [5, 5.41) is 5.09. The Morgan fingerprint density at radius 1 is 1.07 bits per heavy atom. The third kappa shape index (κ3) is 4.29. The van der Waals surface area contributed by atoms with Gasteiger partial charge in [0.2, 0.25) is 0 Å². The van der Waals surface area contributed by atoms with Gasteiger partial charge < -0.3 is 4.74 Å². The van der Waals surface area contributed by atoms with Gasteiger partial charge in [-0.3, -0.25) is 4.79 Å². The highest BCUT2D eigenvalue weighted by Crippen LogP contribution is 2.31. The molecule has 0 saturated heterocycles. The van der Waals surface area contributed by atoms with Crippen LogP contribution in [-0.4, -0.2) is 23.0 Å². The van der Waals surface area contributed by atoms with E-state index in [1.165, 1.54) is 23.9 Å². The third-order valence-electron chi connectivity index (χ3n) is 5.42. The summed E-state index contributed by atoms with van der Waals surface area (Å²) in [5.41, 5.74) is 1.68. The molecule has 0 amide bonds. The highest BCUT2D eigenvalue weighted by Gasteiger charge is 2.22. The van der Waals surface area contributed by atoms with Crippen molar-refractivity contribution in [3.63, 3.8) is 0 Å². The number of ether oxygens (including phenoxy) is 1. The van der Waals surface area contributed by atoms with Gasteiger partial charge in [-0.2, -0.15) is 9.78 Å². The van der Waals surface area contributed by atoms with E-state index in [0.717, 1.165) is 35.5 Å². The number of fused-ring (bicyclic) bond motifs is 1. The maximum absolute atomic E-state index is 13.1. The first kappa shape index (κ1) is 19.1. The van der Waals surface area contributed by atoms with Gasteiger partial charge in [-0.05, 0) is 48.7 Å². The number of rotatable bonds is 5. The molecular weight excluding hydrogens is 362 g/mol. The molecule has 2 aromatic carbocycles. The van der Waals surface area contributed by atoms with E-state index in [1.807, 2.05) is 60.7 Å². The molecule has 0 aliphatic heterocycles. The summed E-state index contributed by atoms with van der Waals surface area (Å²) < 4.78 is 6.67. The quantitative estimate of drug-likeness (QED) is 0.579. The lowest BCUT2D eigenvalue weighted by atomic mass is 9.88. The Morgan fingerprint density at radius 2 is 1.83 bits per heavy atom. The Hall–Kier alpha value is -3.21. The first-order chi connectivity index (χ1) is 14.3. The summed E-state index contributed by atoms with van der Waals surface area (Å²) in [5.74, 6) is 1.88. The summed E-state index contributed by atoms with van der Waals surface area (Å²) >= 11 is 0. The normalized spacial score (nSPS) is 15.5. The molecule has 5 nitrogen and oxygen atoms in total. The lowest BCUT2D eigenvalue weighted by molar-refractivity contribution is 0.415. The lowest BCUT2D eigenvalue weighted by Crippen LogP contribution is -2.25. The van der Waals surface area contributed by atoms with Crippen molar-refractivity contribution in [3.05, 3.63) is 76.3 Å². The smallest absolute Gasteiger partial charge is 0.282 e. The number of nitrogens with zero attached hydrogens (tertiary/aromatic N) is 3. The van der Waals surface area contributed by atoms with Gasteiger partial charge in [0, 0.05) is 12.1 Å². The summed E-state index contributed by atoms with van der Waals surface area (Å²) in [6.45, 7) is 0. The minimum atomic E-state index is -0.106. The second-order valence-electron chi connectivity index (χ2n) is 7.34. The summed E-state index contributed by atoms with van der Waals surface area (Å²) in [6.07, 6.45) is 11.2. The van der Waals surface area contributed by atoms with E-state index in [-0.39, 0.29) is 11.5 Å². The Kier molecular flexibility index (Phi) is 5.84. The first-order valence-corrected chi connectivity index (χ1v) is 10.1. The van der Waals surface area contributed by atoms with Crippen molar-refractivity contribution in [2.45, 2.75) is 38.0 Å². The van der Waals surface area contributed by atoms with Crippen molar-refractivity contribution in [2.75, 3.05) is 7.11 Å². The Bertz CT molecular complexity index is 1090. The fourth-order valence-electron chi connectivity index (χ4n) is 3.85. The molecule has 29 heavy (non-hydrogen) atoms. The molecule has 4 rings (SSSR count). The van der Waals surface area contributed by atoms with Crippen LogP contribution in [0.2, 0.25) is 0 Å². The average molecular weight is 387 g/mol. The lowest BCUT2D eigenvalue weighted by Gasteiger charge is -2.22. The van der Waals surface area contributed by atoms with E-state index in [9.17, 15) is 4.79 Å². The second kappa shape index (κ2) is 8.86. The molecule has 0 N–H and O–H groups in total. The van der Waals surface area contributed by atoms with Crippen LogP contribution >= 0.6 is 0 Å². The summed E-state index contributed by atoms with van der Waals surface area (Å²) in [6, 6.07) is 15.3. The molecule has 1 fully saturated rings. The van der Waals surface area contributed by atoms with E-state index in [4.69, 9.17) is 9.72 Å². The number of hydrogen-bond donors (Lipinski definition) is 0. The molecule has 3 aromatic rings. The van der Waals surface area contributed by atoms with Crippen molar-refractivity contribution in [1.29, 1.82) is 0 Å². The fraction of sp³-hybridized carbons (Fsp3) is 0.292. The van der Waals surface area contributed by atoms with E-state index in [0.29, 0.717) is 5.39 Å². The van der Waals surface area contributed by atoms with Crippen LogP contribution in [0.15, 0.2) is 64.5 Å². The number of methoxy groups -OCH3 is 1. The maximum atomic E-state index is 13.1. The van der Waals surface area contributed by atoms with Crippen molar-refractivity contribution in [2.24, 2.45) is 5.10 Å². The van der Waals surface area contributed by atoms with Gasteiger partial charge >= 0.3 is 0 Å². The Labute approximate surface area is 170 Å². The van der Waals surface area contributed by atoms with E-state index in [2.05, 4.69) is 5.10 Å². The number of allylic oxidation sites excluding steroid dienone is 1. The highest BCUT2D eigenvalue weighted by atomic mass is 16.5. The number of para-hydroxylation sites is 1. The number of aromatic nitrogens is 2. The van der Waals surface area contributed by atoms with E-state index in [1.54, 1.807) is 13.3 Å². The minimum Gasteiger partial charge on any atom is -0.497 e. The Balaban J connectivity index is 1.67.